The Kier molecular flexibility index (Phi) is 5.40. The van der Waals surface area contributed by atoms with E-state index in [-0.39, 0.29) is 5.91 Å². The van der Waals surface area contributed by atoms with E-state index in [2.05, 4.69) is 27.6 Å². The van der Waals surface area contributed by atoms with Crippen LogP contribution in [0, 0.1) is 0 Å². The van der Waals surface area contributed by atoms with E-state index < -0.39 is 6.10 Å². The molecule has 0 radical (unpaired) electrons. The Balaban J connectivity index is 1.63. The number of hydrogen-bond acceptors (Lipinski definition) is 3. The quantitative estimate of drug-likeness (QED) is 0.473. The number of aliphatic hydroxyl groups is 1. The summed E-state index contributed by atoms with van der Waals surface area (Å²) in [5.41, 5.74) is 4.18. The molecule has 0 aliphatic rings. The molecular formula is C24H23N3O2. The maximum atomic E-state index is 12.0. The van der Waals surface area contributed by atoms with E-state index in [1.165, 1.54) is 0 Å². The lowest BCUT2D eigenvalue weighted by molar-refractivity contribution is 0.0957. The van der Waals surface area contributed by atoms with Gasteiger partial charge in [0, 0.05) is 12.6 Å². The first-order valence-electron chi connectivity index (χ1n) is 9.67. The topological polar surface area (TPSA) is 78.0 Å². The third kappa shape index (κ3) is 3.77. The number of aromatic amines is 1. The van der Waals surface area contributed by atoms with Gasteiger partial charge < -0.3 is 10.4 Å². The van der Waals surface area contributed by atoms with Crippen LogP contribution in [0.1, 0.15) is 38.8 Å². The molecule has 0 spiro atoms. The highest BCUT2D eigenvalue weighted by atomic mass is 16.3. The summed E-state index contributed by atoms with van der Waals surface area (Å²) in [5, 5.41) is 22.8. The van der Waals surface area contributed by atoms with Crippen LogP contribution in [0.15, 0.2) is 72.9 Å². The zero-order valence-electron chi connectivity index (χ0n) is 16.2. The number of amides is 1. The van der Waals surface area contributed by atoms with Crippen molar-refractivity contribution in [2.45, 2.75) is 18.9 Å². The van der Waals surface area contributed by atoms with Gasteiger partial charge in [0.2, 0.25) is 0 Å². The highest BCUT2D eigenvalue weighted by Crippen LogP contribution is 2.31. The van der Waals surface area contributed by atoms with Crippen LogP contribution in [0.2, 0.25) is 0 Å². The normalized spacial score (nSPS) is 12.1. The van der Waals surface area contributed by atoms with Crippen LogP contribution in [0.3, 0.4) is 0 Å². The second kappa shape index (κ2) is 8.29. The van der Waals surface area contributed by atoms with Gasteiger partial charge in [-0.2, -0.15) is 5.10 Å². The van der Waals surface area contributed by atoms with Gasteiger partial charge in [-0.05, 0) is 40.3 Å². The Hall–Kier alpha value is -3.44. The van der Waals surface area contributed by atoms with Crippen molar-refractivity contribution < 1.29 is 9.90 Å². The predicted octanol–water partition coefficient (Wildman–Crippen LogP) is 3.79. The van der Waals surface area contributed by atoms with Crippen molar-refractivity contribution in [3.05, 3.63) is 101 Å². The Bertz CT molecular complexity index is 1140. The number of aromatic nitrogens is 2. The molecule has 1 atom stereocenters. The van der Waals surface area contributed by atoms with Crippen LogP contribution >= 0.6 is 0 Å². The number of rotatable bonds is 6. The summed E-state index contributed by atoms with van der Waals surface area (Å²) >= 11 is 0. The van der Waals surface area contributed by atoms with E-state index in [0.717, 1.165) is 33.0 Å². The summed E-state index contributed by atoms with van der Waals surface area (Å²) in [5.74, 6) is -0.179. The third-order valence-electron chi connectivity index (χ3n) is 5.30. The predicted molar refractivity (Wildman–Crippen MR) is 114 cm³/mol. The highest BCUT2D eigenvalue weighted by Gasteiger charge is 2.18. The fourth-order valence-corrected chi connectivity index (χ4v) is 3.78. The maximum absolute atomic E-state index is 12.0. The van der Waals surface area contributed by atoms with Crippen LogP contribution in [0.4, 0.5) is 0 Å². The monoisotopic (exact) mass is 385 g/mol. The van der Waals surface area contributed by atoms with E-state index in [9.17, 15) is 9.90 Å². The number of H-pyrrole nitrogens is 1. The minimum atomic E-state index is -0.722. The minimum absolute atomic E-state index is 0.179. The number of nitrogens with zero attached hydrogens (tertiary/aromatic N) is 1. The van der Waals surface area contributed by atoms with E-state index in [1.807, 2.05) is 54.6 Å². The molecule has 4 aromatic rings. The number of aryl methyl sites for hydroxylation is 2. The Morgan fingerprint density at radius 3 is 2.52 bits per heavy atom. The van der Waals surface area contributed by atoms with Crippen LogP contribution < -0.4 is 5.32 Å². The molecule has 4 rings (SSSR count). The summed E-state index contributed by atoms with van der Waals surface area (Å²) in [6.07, 6.45) is 2.31. The van der Waals surface area contributed by atoms with E-state index in [0.29, 0.717) is 18.5 Å². The van der Waals surface area contributed by atoms with Crippen molar-refractivity contribution in [2.24, 2.45) is 0 Å². The lowest BCUT2D eigenvalue weighted by Gasteiger charge is -2.18. The molecule has 1 unspecified atom stereocenters. The molecule has 5 heteroatoms. The van der Waals surface area contributed by atoms with Crippen molar-refractivity contribution >= 4 is 16.7 Å². The second-order valence-electron chi connectivity index (χ2n) is 7.02. The Labute approximate surface area is 169 Å². The van der Waals surface area contributed by atoms with E-state index in [4.69, 9.17) is 0 Å². The third-order valence-corrected chi connectivity index (χ3v) is 5.30. The molecule has 29 heavy (non-hydrogen) atoms. The molecular weight excluding hydrogens is 362 g/mol. The van der Waals surface area contributed by atoms with Crippen molar-refractivity contribution in [3.8, 4) is 0 Å². The van der Waals surface area contributed by atoms with Crippen LogP contribution in [0.25, 0.3) is 10.8 Å². The lowest BCUT2D eigenvalue weighted by Crippen LogP contribution is -2.20. The summed E-state index contributed by atoms with van der Waals surface area (Å²) in [4.78, 5) is 12.0. The van der Waals surface area contributed by atoms with Gasteiger partial charge in [0.25, 0.3) is 5.91 Å². The van der Waals surface area contributed by atoms with Crippen LogP contribution in [-0.4, -0.2) is 28.3 Å². The number of carbonyl (C=O) groups is 1. The van der Waals surface area contributed by atoms with Gasteiger partial charge >= 0.3 is 0 Å². The average molecular weight is 385 g/mol. The van der Waals surface area contributed by atoms with Crippen molar-refractivity contribution in [2.75, 3.05) is 7.05 Å². The van der Waals surface area contributed by atoms with Gasteiger partial charge in [-0.15, -0.1) is 0 Å². The van der Waals surface area contributed by atoms with Crippen molar-refractivity contribution in [1.82, 2.24) is 15.5 Å². The SMILES string of the molecule is CNC(=O)c1[nH]ncc1CCc1ccccc1C(O)c1cccc2ccccc12. The van der Waals surface area contributed by atoms with E-state index in [1.54, 1.807) is 13.2 Å². The lowest BCUT2D eigenvalue weighted by atomic mass is 9.91. The zero-order valence-corrected chi connectivity index (χ0v) is 16.2. The summed E-state index contributed by atoms with van der Waals surface area (Å²) < 4.78 is 0. The van der Waals surface area contributed by atoms with Gasteiger partial charge in [0.1, 0.15) is 11.8 Å². The fraction of sp³-hybridized carbons (Fsp3) is 0.167. The minimum Gasteiger partial charge on any atom is -0.384 e. The Morgan fingerprint density at radius 1 is 0.966 bits per heavy atom. The first kappa shape index (κ1) is 18.9. The molecule has 1 heterocycles. The molecule has 5 nitrogen and oxygen atoms in total. The number of carbonyl (C=O) groups excluding carboxylic acids is 1. The van der Waals surface area contributed by atoms with Crippen molar-refractivity contribution in [3.63, 3.8) is 0 Å². The smallest absolute Gasteiger partial charge is 0.269 e. The molecule has 0 fully saturated rings. The first-order chi connectivity index (χ1) is 14.2. The largest absolute Gasteiger partial charge is 0.384 e. The standard InChI is InChI=1S/C24H23N3O2/c1-25-24(29)22-18(15-26-27-22)14-13-17-8-3-5-11-20(17)23(28)21-12-6-9-16-7-2-4-10-19(16)21/h2-12,15,23,28H,13-14H2,1H3,(H,25,29)(H,26,27). The molecule has 0 saturated carbocycles. The molecule has 3 N–H and O–H groups in total. The van der Waals surface area contributed by atoms with Gasteiger partial charge in [0.05, 0.1) is 6.20 Å². The number of aliphatic hydroxyl groups excluding tert-OH is 1. The van der Waals surface area contributed by atoms with E-state index >= 15 is 0 Å². The summed E-state index contributed by atoms with van der Waals surface area (Å²) in [7, 11) is 1.60. The van der Waals surface area contributed by atoms with Crippen molar-refractivity contribution in [1.29, 1.82) is 0 Å². The zero-order chi connectivity index (χ0) is 20.2. The average Bonchev–Trinajstić information content (AvgIpc) is 3.25. The van der Waals surface area contributed by atoms with Gasteiger partial charge in [0.15, 0.2) is 0 Å². The van der Waals surface area contributed by atoms with Gasteiger partial charge in [-0.1, -0.05) is 66.7 Å². The van der Waals surface area contributed by atoms with Gasteiger partial charge in [-0.25, -0.2) is 0 Å². The number of fused-ring (bicyclic) bond motifs is 1. The second-order valence-corrected chi connectivity index (χ2v) is 7.02. The van der Waals surface area contributed by atoms with Gasteiger partial charge in [-0.3, -0.25) is 9.89 Å². The molecule has 3 aromatic carbocycles. The van der Waals surface area contributed by atoms with Crippen LogP contribution in [0.5, 0.6) is 0 Å². The Morgan fingerprint density at radius 2 is 1.66 bits per heavy atom. The first-order valence-corrected chi connectivity index (χ1v) is 9.67. The number of hydrogen-bond donors (Lipinski definition) is 3. The molecule has 0 aliphatic carbocycles. The molecule has 1 amide bonds. The highest BCUT2D eigenvalue weighted by molar-refractivity contribution is 5.93. The number of benzene rings is 3. The van der Waals surface area contributed by atoms with Crippen LogP contribution in [-0.2, 0) is 12.8 Å². The molecule has 1 aromatic heterocycles. The molecule has 0 aliphatic heterocycles. The molecule has 0 saturated heterocycles. The molecule has 0 bridgehead atoms. The summed E-state index contributed by atoms with van der Waals surface area (Å²) in [6, 6.07) is 22.0. The summed E-state index contributed by atoms with van der Waals surface area (Å²) in [6.45, 7) is 0. The fourth-order valence-electron chi connectivity index (χ4n) is 3.78. The molecule has 146 valence electrons. The number of nitrogens with one attached hydrogen (secondary N) is 2. The maximum Gasteiger partial charge on any atom is 0.269 e.